The Kier molecular flexibility index (Phi) is 6.91. The van der Waals surface area contributed by atoms with Crippen LogP contribution in [-0.2, 0) is 4.79 Å². The average molecular weight is 422 g/mol. The van der Waals surface area contributed by atoms with Gasteiger partial charge in [-0.2, -0.15) is 0 Å². The fourth-order valence-corrected chi connectivity index (χ4v) is 2.28. The first-order valence-corrected chi connectivity index (χ1v) is 8.50. The van der Waals surface area contributed by atoms with Crippen LogP contribution in [0.4, 0.5) is 0 Å². The van der Waals surface area contributed by atoms with Crippen LogP contribution in [0.25, 0.3) is 0 Å². The van der Waals surface area contributed by atoms with Crippen LogP contribution in [0.2, 0.25) is 0 Å². The van der Waals surface area contributed by atoms with Crippen molar-refractivity contribution in [1.29, 1.82) is 0 Å². The number of thiocarbonyl (C=S) groups is 1. The number of amides is 2. The predicted molar refractivity (Wildman–Crippen MR) is 102 cm³/mol. The molecule has 2 aromatic carbocycles. The second-order valence-corrected chi connectivity index (χ2v) is 6.34. The minimum atomic E-state index is -0.435. The van der Waals surface area contributed by atoms with Crippen LogP contribution in [0.15, 0.2) is 53.0 Å². The summed E-state index contributed by atoms with van der Waals surface area (Å²) in [6.07, 6.45) is 0. The van der Waals surface area contributed by atoms with Gasteiger partial charge in [-0.15, -0.1) is 0 Å². The van der Waals surface area contributed by atoms with E-state index in [2.05, 4.69) is 32.1 Å². The lowest BCUT2D eigenvalue weighted by Crippen LogP contribution is -2.49. The number of hydrogen-bond donors (Lipinski definition) is 3. The zero-order chi connectivity index (χ0) is 18.2. The number of carbonyl (C=O) groups is 2. The molecule has 0 spiro atoms. The number of aryl methyl sites for hydroxylation is 1. The zero-order valence-electron chi connectivity index (χ0n) is 13.3. The van der Waals surface area contributed by atoms with Gasteiger partial charge in [0.2, 0.25) is 0 Å². The summed E-state index contributed by atoms with van der Waals surface area (Å²) in [4.78, 5) is 23.8. The molecule has 2 rings (SSSR count). The van der Waals surface area contributed by atoms with Crippen LogP contribution in [0.5, 0.6) is 5.75 Å². The number of carbonyl (C=O) groups excluding carboxylic acids is 2. The standard InChI is InChI=1S/C17H16BrN3O3S/c1-11-4-2-3-5-14(11)16(23)19-17(25)21-20-15(22)10-24-13-8-6-12(18)7-9-13/h2-9H,10H2,1H3,(H,20,22)(H2,19,21,23,25). The lowest BCUT2D eigenvalue weighted by Gasteiger charge is -2.12. The number of nitrogens with one attached hydrogen (secondary N) is 3. The molecule has 0 bridgehead atoms. The van der Waals surface area contributed by atoms with Crippen LogP contribution in [-0.4, -0.2) is 23.5 Å². The number of halogens is 1. The van der Waals surface area contributed by atoms with Gasteiger partial charge in [0, 0.05) is 10.0 Å². The van der Waals surface area contributed by atoms with E-state index in [1.165, 1.54) is 0 Å². The van der Waals surface area contributed by atoms with Gasteiger partial charge in [0.1, 0.15) is 5.75 Å². The van der Waals surface area contributed by atoms with Gasteiger partial charge in [0.25, 0.3) is 11.8 Å². The smallest absolute Gasteiger partial charge is 0.276 e. The molecule has 130 valence electrons. The minimum absolute atomic E-state index is 0.00903. The second-order valence-electron chi connectivity index (χ2n) is 5.01. The van der Waals surface area contributed by atoms with Crippen molar-refractivity contribution in [2.75, 3.05) is 6.61 Å². The van der Waals surface area contributed by atoms with Gasteiger partial charge in [-0.3, -0.25) is 25.8 Å². The van der Waals surface area contributed by atoms with Crippen molar-refractivity contribution in [3.05, 3.63) is 64.1 Å². The molecular formula is C17H16BrN3O3S. The Labute approximate surface area is 159 Å². The molecule has 0 aromatic heterocycles. The SMILES string of the molecule is Cc1ccccc1C(=O)NC(=S)NNC(=O)COc1ccc(Br)cc1. The largest absolute Gasteiger partial charge is 0.484 e. The maximum absolute atomic E-state index is 12.1. The van der Waals surface area contributed by atoms with Crippen LogP contribution in [0, 0.1) is 6.92 Å². The van der Waals surface area contributed by atoms with E-state index < -0.39 is 5.91 Å². The first kappa shape index (κ1) is 18.9. The molecule has 0 radical (unpaired) electrons. The van der Waals surface area contributed by atoms with Gasteiger partial charge in [-0.1, -0.05) is 34.1 Å². The van der Waals surface area contributed by atoms with Crippen molar-refractivity contribution >= 4 is 45.1 Å². The third-order valence-corrected chi connectivity index (χ3v) is 3.85. The lowest BCUT2D eigenvalue weighted by atomic mass is 10.1. The van der Waals surface area contributed by atoms with Gasteiger partial charge in [0.15, 0.2) is 11.7 Å². The first-order chi connectivity index (χ1) is 12.0. The molecule has 2 aromatic rings. The molecule has 8 heteroatoms. The molecular weight excluding hydrogens is 406 g/mol. The molecule has 0 saturated carbocycles. The summed E-state index contributed by atoms with van der Waals surface area (Å²) in [5.74, 6) is -0.222. The molecule has 0 unspecified atom stereocenters. The molecule has 0 saturated heterocycles. The maximum Gasteiger partial charge on any atom is 0.276 e. The van der Waals surface area contributed by atoms with Gasteiger partial charge in [-0.05, 0) is 55.0 Å². The quantitative estimate of drug-likeness (QED) is 0.521. The molecule has 0 aliphatic rings. The van der Waals surface area contributed by atoms with Crippen LogP contribution in [0.1, 0.15) is 15.9 Å². The Balaban J connectivity index is 1.74. The van der Waals surface area contributed by atoms with Crippen molar-refractivity contribution < 1.29 is 14.3 Å². The minimum Gasteiger partial charge on any atom is -0.484 e. The zero-order valence-corrected chi connectivity index (χ0v) is 15.7. The first-order valence-electron chi connectivity index (χ1n) is 7.30. The van der Waals surface area contributed by atoms with Crippen molar-refractivity contribution in [3.63, 3.8) is 0 Å². The summed E-state index contributed by atoms with van der Waals surface area (Å²) >= 11 is 8.29. The van der Waals surface area contributed by atoms with E-state index >= 15 is 0 Å². The molecule has 0 aliphatic carbocycles. The van der Waals surface area contributed by atoms with E-state index in [4.69, 9.17) is 17.0 Å². The van der Waals surface area contributed by atoms with Crippen LogP contribution < -0.4 is 20.9 Å². The van der Waals surface area contributed by atoms with Crippen molar-refractivity contribution in [2.45, 2.75) is 6.92 Å². The van der Waals surface area contributed by atoms with Gasteiger partial charge in [0.05, 0.1) is 0 Å². The van der Waals surface area contributed by atoms with E-state index in [-0.39, 0.29) is 17.6 Å². The highest BCUT2D eigenvalue weighted by molar-refractivity contribution is 9.10. The van der Waals surface area contributed by atoms with Crippen LogP contribution >= 0.6 is 28.1 Å². The summed E-state index contributed by atoms with van der Waals surface area (Å²) in [5.41, 5.74) is 6.16. The summed E-state index contributed by atoms with van der Waals surface area (Å²) < 4.78 is 6.24. The molecule has 0 fully saturated rings. The second kappa shape index (κ2) is 9.14. The van der Waals surface area contributed by atoms with Crippen molar-refractivity contribution in [3.8, 4) is 5.75 Å². The Morgan fingerprint density at radius 2 is 1.76 bits per heavy atom. The Bertz CT molecular complexity index is 781. The van der Waals surface area contributed by atoms with Crippen molar-refractivity contribution in [2.24, 2.45) is 0 Å². The highest BCUT2D eigenvalue weighted by Gasteiger charge is 2.10. The van der Waals surface area contributed by atoms with E-state index in [1.54, 1.807) is 24.3 Å². The van der Waals surface area contributed by atoms with E-state index in [0.717, 1.165) is 10.0 Å². The molecule has 0 aliphatic heterocycles. The third kappa shape index (κ3) is 6.17. The monoisotopic (exact) mass is 421 g/mol. The highest BCUT2D eigenvalue weighted by atomic mass is 79.9. The molecule has 2 amide bonds. The van der Waals surface area contributed by atoms with E-state index in [1.807, 2.05) is 31.2 Å². The average Bonchev–Trinajstić information content (AvgIpc) is 2.59. The maximum atomic E-state index is 12.1. The van der Waals surface area contributed by atoms with E-state index in [9.17, 15) is 9.59 Å². The Morgan fingerprint density at radius 1 is 1.08 bits per heavy atom. The van der Waals surface area contributed by atoms with Gasteiger partial charge < -0.3 is 4.74 Å². The van der Waals surface area contributed by atoms with E-state index in [0.29, 0.717) is 11.3 Å². The topological polar surface area (TPSA) is 79.5 Å². The summed E-state index contributed by atoms with van der Waals surface area (Å²) in [6, 6.07) is 14.2. The number of rotatable bonds is 4. The Hall–Kier alpha value is -2.45. The number of hydrazine groups is 1. The molecule has 3 N–H and O–H groups in total. The lowest BCUT2D eigenvalue weighted by molar-refractivity contribution is -0.123. The summed E-state index contributed by atoms with van der Waals surface area (Å²) in [7, 11) is 0. The summed E-state index contributed by atoms with van der Waals surface area (Å²) in [5, 5.41) is 2.48. The third-order valence-electron chi connectivity index (χ3n) is 3.12. The molecule has 0 heterocycles. The number of ether oxygens (including phenoxy) is 1. The van der Waals surface area contributed by atoms with Crippen molar-refractivity contribution in [1.82, 2.24) is 16.2 Å². The summed E-state index contributed by atoms with van der Waals surface area (Å²) in [6.45, 7) is 1.63. The van der Waals surface area contributed by atoms with Gasteiger partial charge in [-0.25, -0.2) is 0 Å². The normalized spacial score (nSPS) is 9.84. The number of benzene rings is 2. The molecule has 6 nitrogen and oxygen atoms in total. The number of hydrogen-bond acceptors (Lipinski definition) is 4. The molecule has 25 heavy (non-hydrogen) atoms. The Morgan fingerprint density at radius 3 is 2.44 bits per heavy atom. The van der Waals surface area contributed by atoms with Gasteiger partial charge >= 0.3 is 0 Å². The fourth-order valence-electron chi connectivity index (χ4n) is 1.87. The predicted octanol–water partition coefficient (Wildman–Crippen LogP) is 2.47. The fraction of sp³-hybridized carbons (Fsp3) is 0.118. The molecule has 0 atom stereocenters. The highest BCUT2D eigenvalue weighted by Crippen LogP contribution is 2.15. The van der Waals surface area contributed by atoms with Crippen LogP contribution in [0.3, 0.4) is 0 Å².